The molecule has 0 radical (unpaired) electrons. The number of benzene rings is 1. The van der Waals surface area contributed by atoms with E-state index >= 15 is 0 Å². The first-order chi connectivity index (χ1) is 8.70. The molecule has 2 rings (SSSR count). The number of carbonyl (C=O) groups excluding carboxylic acids is 1. The van der Waals surface area contributed by atoms with Gasteiger partial charge in [0.2, 0.25) is 0 Å². The molecule has 0 aromatic heterocycles. The van der Waals surface area contributed by atoms with Gasteiger partial charge in [-0.05, 0) is 48.5 Å². The Kier molecular flexibility index (Phi) is 4.60. The number of hydrogen-bond donors (Lipinski definition) is 0. The van der Waals surface area contributed by atoms with Gasteiger partial charge in [0.15, 0.2) is 5.78 Å². The van der Waals surface area contributed by atoms with Crippen molar-refractivity contribution in [1.29, 1.82) is 0 Å². The molecule has 2 heteroatoms. The van der Waals surface area contributed by atoms with E-state index in [0.717, 1.165) is 43.2 Å². The predicted molar refractivity (Wildman–Crippen MR) is 76.9 cm³/mol. The van der Waals surface area contributed by atoms with Crippen LogP contribution in [-0.4, -0.2) is 11.2 Å². The van der Waals surface area contributed by atoms with Gasteiger partial charge < -0.3 is 0 Å². The number of carbonyl (C=O) groups is 1. The van der Waals surface area contributed by atoms with Gasteiger partial charge in [-0.15, -0.1) is 11.6 Å². The fourth-order valence-corrected chi connectivity index (χ4v) is 2.69. The fraction of sp³-hybridized carbons (Fsp3) is 0.438. The summed E-state index contributed by atoms with van der Waals surface area (Å²) in [6, 6.07) is 8.42. The zero-order valence-corrected chi connectivity index (χ0v) is 11.5. The van der Waals surface area contributed by atoms with Crippen LogP contribution in [0.2, 0.25) is 0 Å². The number of Topliss-reactive ketones (excluding diaryl/α,β-unsaturated/α-hetero) is 1. The van der Waals surface area contributed by atoms with Crippen LogP contribution in [0.25, 0.3) is 6.08 Å². The monoisotopic (exact) mass is 262 g/mol. The predicted octanol–water partition coefficient (Wildman–Crippen LogP) is 4.38. The van der Waals surface area contributed by atoms with Crippen LogP contribution in [0.3, 0.4) is 0 Å². The van der Waals surface area contributed by atoms with E-state index < -0.39 is 0 Å². The van der Waals surface area contributed by atoms with Gasteiger partial charge in [-0.25, -0.2) is 0 Å². The molecule has 0 heterocycles. The molecule has 96 valence electrons. The van der Waals surface area contributed by atoms with Crippen LogP contribution in [0.1, 0.15) is 43.7 Å². The summed E-state index contributed by atoms with van der Waals surface area (Å²) in [7, 11) is 0. The van der Waals surface area contributed by atoms with Crippen LogP contribution < -0.4 is 0 Å². The van der Waals surface area contributed by atoms with Crippen molar-refractivity contribution in [2.45, 2.75) is 44.4 Å². The summed E-state index contributed by atoms with van der Waals surface area (Å²) >= 11 is 6.02. The number of rotatable bonds is 3. The Hall–Kier alpha value is -1.08. The molecule has 1 fully saturated rings. The third-order valence-corrected chi connectivity index (χ3v) is 3.75. The second-order valence-corrected chi connectivity index (χ2v) is 5.42. The summed E-state index contributed by atoms with van der Waals surface area (Å²) in [4.78, 5) is 11.9. The second kappa shape index (κ2) is 6.19. The molecule has 0 aliphatic heterocycles. The van der Waals surface area contributed by atoms with Gasteiger partial charge in [-0.2, -0.15) is 0 Å². The van der Waals surface area contributed by atoms with Gasteiger partial charge >= 0.3 is 0 Å². The molecule has 1 unspecified atom stereocenters. The summed E-state index contributed by atoms with van der Waals surface area (Å²) in [5, 5.41) is -0.316. The number of aryl methyl sites for hydroxylation is 1. The lowest BCUT2D eigenvalue weighted by Crippen LogP contribution is -2.21. The van der Waals surface area contributed by atoms with E-state index in [2.05, 4.69) is 31.2 Å². The summed E-state index contributed by atoms with van der Waals surface area (Å²) in [6.45, 7) is 2.17. The highest BCUT2D eigenvalue weighted by atomic mass is 35.5. The SMILES string of the molecule is CCCc1cccc(C=C2CCCC(Cl)C2=O)c1. The highest BCUT2D eigenvalue weighted by Crippen LogP contribution is 2.26. The minimum Gasteiger partial charge on any atom is -0.293 e. The van der Waals surface area contributed by atoms with Crippen molar-refractivity contribution >= 4 is 23.5 Å². The van der Waals surface area contributed by atoms with E-state index in [9.17, 15) is 4.79 Å². The topological polar surface area (TPSA) is 17.1 Å². The molecule has 1 nitrogen and oxygen atoms in total. The van der Waals surface area contributed by atoms with Crippen LogP contribution >= 0.6 is 11.6 Å². The molecular weight excluding hydrogens is 244 g/mol. The molecule has 1 saturated carbocycles. The Balaban J connectivity index is 2.21. The van der Waals surface area contributed by atoms with E-state index in [-0.39, 0.29) is 11.2 Å². The maximum atomic E-state index is 11.9. The highest BCUT2D eigenvalue weighted by molar-refractivity contribution is 6.34. The third kappa shape index (κ3) is 3.23. The summed E-state index contributed by atoms with van der Waals surface area (Å²) in [5.41, 5.74) is 3.34. The molecule has 0 saturated heterocycles. The number of allylic oxidation sites excluding steroid dienone is 1. The Morgan fingerprint density at radius 2 is 2.28 bits per heavy atom. The molecule has 18 heavy (non-hydrogen) atoms. The van der Waals surface area contributed by atoms with Gasteiger partial charge in [0.25, 0.3) is 0 Å². The van der Waals surface area contributed by atoms with Gasteiger partial charge in [0.05, 0.1) is 5.38 Å². The Labute approximate surface area is 114 Å². The first-order valence-electron chi connectivity index (χ1n) is 6.68. The second-order valence-electron chi connectivity index (χ2n) is 4.89. The van der Waals surface area contributed by atoms with Crippen LogP contribution in [0.4, 0.5) is 0 Å². The van der Waals surface area contributed by atoms with Crippen molar-refractivity contribution < 1.29 is 4.79 Å². The molecule has 0 bridgehead atoms. The quantitative estimate of drug-likeness (QED) is 0.583. The van der Waals surface area contributed by atoms with Gasteiger partial charge in [0.1, 0.15) is 0 Å². The number of ketones is 1. The van der Waals surface area contributed by atoms with E-state index in [4.69, 9.17) is 11.6 Å². The maximum Gasteiger partial charge on any atom is 0.176 e. The third-order valence-electron chi connectivity index (χ3n) is 3.34. The average molecular weight is 263 g/mol. The Bertz CT molecular complexity index is 462. The van der Waals surface area contributed by atoms with E-state index in [0.29, 0.717) is 0 Å². The molecule has 0 N–H and O–H groups in total. The number of alkyl halides is 1. The van der Waals surface area contributed by atoms with Crippen molar-refractivity contribution in [2.24, 2.45) is 0 Å². The molecule has 1 aliphatic carbocycles. The lowest BCUT2D eigenvalue weighted by atomic mass is 9.91. The van der Waals surface area contributed by atoms with Crippen LogP contribution in [-0.2, 0) is 11.2 Å². The lowest BCUT2D eigenvalue weighted by molar-refractivity contribution is -0.116. The molecule has 0 amide bonds. The largest absolute Gasteiger partial charge is 0.293 e. The van der Waals surface area contributed by atoms with Crippen molar-refractivity contribution in [1.82, 2.24) is 0 Å². The van der Waals surface area contributed by atoms with Crippen LogP contribution in [0, 0.1) is 0 Å². The van der Waals surface area contributed by atoms with Crippen molar-refractivity contribution in [3.8, 4) is 0 Å². The van der Waals surface area contributed by atoms with Crippen LogP contribution in [0.5, 0.6) is 0 Å². The first kappa shape index (κ1) is 13.4. The molecule has 1 aliphatic rings. The molecule has 1 aromatic rings. The minimum atomic E-state index is -0.316. The van der Waals surface area contributed by atoms with Crippen molar-refractivity contribution in [3.63, 3.8) is 0 Å². The highest BCUT2D eigenvalue weighted by Gasteiger charge is 2.24. The van der Waals surface area contributed by atoms with E-state index in [1.54, 1.807) is 0 Å². The average Bonchev–Trinajstić information content (AvgIpc) is 2.36. The minimum absolute atomic E-state index is 0.115. The lowest BCUT2D eigenvalue weighted by Gasteiger charge is -2.17. The molecule has 1 aromatic carbocycles. The zero-order valence-electron chi connectivity index (χ0n) is 10.8. The van der Waals surface area contributed by atoms with E-state index in [1.807, 2.05) is 6.08 Å². The molecular formula is C16H19ClO. The van der Waals surface area contributed by atoms with Crippen molar-refractivity contribution in [3.05, 3.63) is 41.0 Å². The molecule has 1 atom stereocenters. The summed E-state index contributed by atoms with van der Waals surface area (Å²) in [5.74, 6) is 0.115. The Morgan fingerprint density at radius 3 is 3.06 bits per heavy atom. The molecule has 0 spiro atoms. The number of hydrogen-bond acceptors (Lipinski definition) is 1. The van der Waals surface area contributed by atoms with Crippen LogP contribution in [0.15, 0.2) is 29.8 Å². The first-order valence-corrected chi connectivity index (χ1v) is 7.12. The Morgan fingerprint density at radius 1 is 1.44 bits per heavy atom. The fourth-order valence-electron chi connectivity index (χ4n) is 2.40. The van der Waals surface area contributed by atoms with E-state index in [1.165, 1.54) is 5.56 Å². The maximum absolute atomic E-state index is 11.9. The van der Waals surface area contributed by atoms with Gasteiger partial charge in [-0.1, -0.05) is 37.6 Å². The number of halogens is 1. The zero-order chi connectivity index (χ0) is 13.0. The van der Waals surface area contributed by atoms with Gasteiger partial charge in [-0.3, -0.25) is 4.79 Å². The summed E-state index contributed by atoms with van der Waals surface area (Å²) < 4.78 is 0. The summed E-state index contributed by atoms with van der Waals surface area (Å²) in [6.07, 6.45) is 6.93. The standard InChI is InChI=1S/C16H19ClO/c1-2-5-12-6-3-7-13(10-12)11-14-8-4-9-15(17)16(14)18/h3,6-7,10-11,15H,2,4-5,8-9H2,1H3. The smallest absolute Gasteiger partial charge is 0.176 e. The van der Waals surface area contributed by atoms with Gasteiger partial charge in [0, 0.05) is 0 Å². The van der Waals surface area contributed by atoms with Crippen molar-refractivity contribution in [2.75, 3.05) is 0 Å². The normalized spacial score (nSPS) is 22.4.